The highest BCUT2D eigenvalue weighted by atomic mass is 16.2. The number of rotatable bonds is 7. The molecule has 1 saturated heterocycles. The van der Waals surface area contributed by atoms with Crippen LogP contribution in [0.5, 0.6) is 0 Å². The van der Waals surface area contributed by atoms with E-state index < -0.39 is 0 Å². The van der Waals surface area contributed by atoms with Crippen molar-refractivity contribution in [2.75, 3.05) is 26.2 Å². The van der Waals surface area contributed by atoms with Crippen LogP contribution in [-0.4, -0.2) is 59.1 Å². The third kappa shape index (κ3) is 4.22. The smallest absolute Gasteiger partial charge is 0.272 e. The summed E-state index contributed by atoms with van der Waals surface area (Å²) >= 11 is 0. The maximum Gasteiger partial charge on any atom is 0.272 e. The molecule has 7 heteroatoms. The Balaban J connectivity index is 1.54. The number of benzene rings is 1. The highest BCUT2D eigenvalue weighted by Gasteiger charge is 2.24. The Morgan fingerprint density at radius 1 is 1.27 bits per heavy atom. The third-order valence-electron chi connectivity index (χ3n) is 4.84. The zero-order valence-electron chi connectivity index (χ0n) is 15.3. The molecule has 0 aliphatic carbocycles. The van der Waals surface area contributed by atoms with E-state index >= 15 is 0 Å². The first kappa shape index (κ1) is 18.4. The van der Waals surface area contributed by atoms with E-state index in [0.717, 1.165) is 49.8 Å². The van der Waals surface area contributed by atoms with Crippen LogP contribution in [0.1, 0.15) is 43.1 Å². The summed E-state index contributed by atoms with van der Waals surface area (Å²) in [6.07, 6.45) is 3.26. The van der Waals surface area contributed by atoms with Crippen LogP contribution in [0, 0.1) is 0 Å². The van der Waals surface area contributed by atoms with Crippen molar-refractivity contribution in [2.45, 2.75) is 38.6 Å². The van der Waals surface area contributed by atoms with E-state index in [0.29, 0.717) is 24.7 Å². The normalized spacial score (nSPS) is 15.1. The van der Waals surface area contributed by atoms with Crippen molar-refractivity contribution in [1.29, 1.82) is 0 Å². The van der Waals surface area contributed by atoms with Crippen molar-refractivity contribution in [2.24, 2.45) is 0 Å². The molecule has 1 aromatic heterocycles. The van der Waals surface area contributed by atoms with Crippen molar-refractivity contribution in [3.8, 4) is 0 Å². The number of hydrogen-bond donors (Lipinski definition) is 3. The Bertz CT molecular complexity index is 751. The second-order valence-electron chi connectivity index (χ2n) is 6.69. The van der Waals surface area contributed by atoms with Gasteiger partial charge >= 0.3 is 0 Å². The molecule has 0 radical (unpaired) electrons. The first-order valence-electron chi connectivity index (χ1n) is 9.42. The number of fused-ring (bicyclic) bond motifs is 1. The van der Waals surface area contributed by atoms with Crippen LogP contribution in [0.3, 0.4) is 0 Å². The maximum atomic E-state index is 12.6. The number of carbonyl (C=O) groups is 2. The molecule has 26 heavy (non-hydrogen) atoms. The monoisotopic (exact) mass is 357 g/mol. The standard InChI is InChI=1S/C19H27N5O2/c1-2-13-24(14-7-10-20-11-8-14)17(25)9-12-21-19(26)18-15-5-3-4-6-16(15)22-23-18/h3-6,14,20H,2,7-13H2,1H3,(H,21,26)(H,22,23). The van der Waals surface area contributed by atoms with Gasteiger partial charge in [0, 0.05) is 30.9 Å². The van der Waals surface area contributed by atoms with Gasteiger partial charge in [-0.2, -0.15) is 5.10 Å². The Morgan fingerprint density at radius 3 is 2.81 bits per heavy atom. The summed E-state index contributed by atoms with van der Waals surface area (Å²) in [6, 6.07) is 7.82. The SMILES string of the molecule is CCCN(C(=O)CCNC(=O)c1n[nH]c2ccccc12)C1CCNCC1. The lowest BCUT2D eigenvalue weighted by Gasteiger charge is -2.34. The molecule has 2 amide bonds. The summed E-state index contributed by atoms with van der Waals surface area (Å²) in [6.45, 7) is 5.11. The maximum absolute atomic E-state index is 12.6. The number of aromatic amines is 1. The number of nitrogens with one attached hydrogen (secondary N) is 3. The van der Waals surface area contributed by atoms with Gasteiger partial charge in [0.25, 0.3) is 5.91 Å². The Hall–Kier alpha value is -2.41. The van der Waals surface area contributed by atoms with Crippen LogP contribution < -0.4 is 10.6 Å². The summed E-state index contributed by atoms with van der Waals surface area (Å²) in [5.41, 5.74) is 1.20. The number of amides is 2. The quantitative estimate of drug-likeness (QED) is 0.703. The molecule has 0 saturated carbocycles. The number of nitrogens with zero attached hydrogens (tertiary/aromatic N) is 2. The molecule has 1 aromatic carbocycles. The minimum atomic E-state index is -0.251. The zero-order chi connectivity index (χ0) is 18.4. The average molecular weight is 357 g/mol. The van der Waals surface area contributed by atoms with Crippen LogP contribution in [0.4, 0.5) is 0 Å². The van der Waals surface area contributed by atoms with Crippen LogP contribution in [0.15, 0.2) is 24.3 Å². The van der Waals surface area contributed by atoms with E-state index in [1.165, 1.54) is 0 Å². The van der Waals surface area contributed by atoms with Gasteiger partial charge in [-0.05, 0) is 38.4 Å². The first-order valence-corrected chi connectivity index (χ1v) is 9.42. The lowest BCUT2D eigenvalue weighted by Crippen LogP contribution is -2.47. The number of aromatic nitrogens is 2. The minimum Gasteiger partial charge on any atom is -0.350 e. The summed E-state index contributed by atoms with van der Waals surface area (Å²) < 4.78 is 0. The summed E-state index contributed by atoms with van der Waals surface area (Å²) in [5.74, 6) is -0.134. The number of hydrogen-bond acceptors (Lipinski definition) is 4. The predicted octanol–water partition coefficient (Wildman–Crippen LogP) is 1.67. The second-order valence-corrected chi connectivity index (χ2v) is 6.69. The van der Waals surface area contributed by atoms with Gasteiger partial charge in [0.15, 0.2) is 5.69 Å². The fourth-order valence-electron chi connectivity index (χ4n) is 3.52. The predicted molar refractivity (Wildman–Crippen MR) is 101 cm³/mol. The van der Waals surface area contributed by atoms with E-state index in [-0.39, 0.29) is 11.8 Å². The van der Waals surface area contributed by atoms with Crippen molar-refractivity contribution in [1.82, 2.24) is 25.7 Å². The fourth-order valence-corrected chi connectivity index (χ4v) is 3.52. The van der Waals surface area contributed by atoms with Crippen molar-refractivity contribution < 1.29 is 9.59 Å². The fraction of sp³-hybridized carbons (Fsp3) is 0.526. The number of H-pyrrole nitrogens is 1. The molecule has 0 spiro atoms. The number of carbonyl (C=O) groups excluding carboxylic acids is 2. The molecule has 1 fully saturated rings. The van der Waals surface area contributed by atoms with Crippen LogP contribution in [0.2, 0.25) is 0 Å². The lowest BCUT2D eigenvalue weighted by atomic mass is 10.0. The second kappa shape index (κ2) is 8.80. The molecule has 0 atom stereocenters. The van der Waals surface area contributed by atoms with Gasteiger partial charge in [0.1, 0.15) is 0 Å². The molecular formula is C19H27N5O2. The molecule has 2 heterocycles. The van der Waals surface area contributed by atoms with Gasteiger partial charge in [0.2, 0.25) is 5.91 Å². The molecule has 1 aliphatic rings. The van der Waals surface area contributed by atoms with Gasteiger partial charge in [-0.15, -0.1) is 0 Å². The average Bonchev–Trinajstić information content (AvgIpc) is 3.11. The van der Waals surface area contributed by atoms with E-state index in [9.17, 15) is 9.59 Å². The van der Waals surface area contributed by atoms with Crippen molar-refractivity contribution >= 4 is 22.7 Å². The molecule has 7 nitrogen and oxygen atoms in total. The van der Waals surface area contributed by atoms with Crippen LogP contribution >= 0.6 is 0 Å². The number of piperidine rings is 1. The van der Waals surface area contributed by atoms with Crippen LogP contribution in [-0.2, 0) is 4.79 Å². The van der Waals surface area contributed by atoms with Gasteiger partial charge in [-0.1, -0.05) is 25.1 Å². The van der Waals surface area contributed by atoms with E-state index in [1.54, 1.807) is 0 Å². The summed E-state index contributed by atoms with van der Waals surface area (Å²) in [7, 11) is 0. The van der Waals surface area contributed by atoms with Crippen molar-refractivity contribution in [3.05, 3.63) is 30.0 Å². The van der Waals surface area contributed by atoms with Gasteiger partial charge in [0.05, 0.1) is 5.52 Å². The minimum absolute atomic E-state index is 0.117. The highest BCUT2D eigenvalue weighted by molar-refractivity contribution is 6.04. The van der Waals surface area contributed by atoms with E-state index in [4.69, 9.17) is 0 Å². The third-order valence-corrected chi connectivity index (χ3v) is 4.84. The summed E-state index contributed by atoms with van der Waals surface area (Å²) in [4.78, 5) is 27.0. The molecule has 0 unspecified atom stereocenters. The van der Waals surface area contributed by atoms with Crippen LogP contribution in [0.25, 0.3) is 10.9 Å². The molecule has 1 aliphatic heterocycles. The molecule has 0 bridgehead atoms. The highest BCUT2D eigenvalue weighted by Crippen LogP contribution is 2.15. The van der Waals surface area contributed by atoms with E-state index in [1.807, 2.05) is 29.2 Å². The zero-order valence-corrected chi connectivity index (χ0v) is 15.3. The van der Waals surface area contributed by atoms with Gasteiger partial charge in [-0.25, -0.2) is 0 Å². The molecule has 3 rings (SSSR count). The van der Waals surface area contributed by atoms with Crippen molar-refractivity contribution in [3.63, 3.8) is 0 Å². The molecule has 140 valence electrons. The van der Waals surface area contributed by atoms with Gasteiger partial charge < -0.3 is 15.5 Å². The summed E-state index contributed by atoms with van der Waals surface area (Å²) in [5, 5.41) is 13.9. The molecular weight excluding hydrogens is 330 g/mol. The largest absolute Gasteiger partial charge is 0.350 e. The molecule has 2 aromatic rings. The van der Waals surface area contributed by atoms with Gasteiger partial charge in [-0.3, -0.25) is 14.7 Å². The lowest BCUT2D eigenvalue weighted by molar-refractivity contribution is -0.134. The Kier molecular flexibility index (Phi) is 6.22. The Morgan fingerprint density at radius 2 is 2.04 bits per heavy atom. The van der Waals surface area contributed by atoms with E-state index in [2.05, 4.69) is 27.8 Å². The Labute approximate surface area is 153 Å². The molecule has 3 N–H and O–H groups in total. The number of para-hydroxylation sites is 1. The topological polar surface area (TPSA) is 90.1 Å². The first-order chi connectivity index (χ1) is 12.7.